The second-order valence-corrected chi connectivity index (χ2v) is 7.30. The molecule has 0 bridgehead atoms. The molecule has 0 unspecified atom stereocenters. The first-order valence-corrected chi connectivity index (χ1v) is 8.66. The van der Waals surface area contributed by atoms with Crippen molar-refractivity contribution < 1.29 is 0 Å². The fraction of sp³-hybridized carbons (Fsp3) is 0.562. The van der Waals surface area contributed by atoms with Gasteiger partial charge >= 0.3 is 0 Å². The number of nitrogens with zero attached hydrogens (tertiary/aromatic N) is 4. The fourth-order valence-corrected chi connectivity index (χ4v) is 4.03. The molecular weight excluding hydrogens is 310 g/mol. The van der Waals surface area contributed by atoms with Crippen LogP contribution in [0.2, 0.25) is 0 Å². The van der Waals surface area contributed by atoms with Gasteiger partial charge in [-0.05, 0) is 26.3 Å². The van der Waals surface area contributed by atoms with Crippen LogP contribution in [0.15, 0.2) is 4.79 Å². The molecule has 0 spiro atoms. The molecule has 3 heterocycles. The van der Waals surface area contributed by atoms with Crippen molar-refractivity contribution in [2.24, 2.45) is 0 Å². The lowest BCUT2D eigenvalue weighted by Crippen LogP contribution is -2.49. The van der Waals surface area contributed by atoms with E-state index in [1.807, 2.05) is 20.8 Å². The summed E-state index contributed by atoms with van der Waals surface area (Å²) in [4.78, 5) is 26.3. The summed E-state index contributed by atoms with van der Waals surface area (Å²) < 4.78 is 0. The number of fused-ring (bicyclic) bond motifs is 1. The Kier molecular flexibility index (Phi) is 4.48. The summed E-state index contributed by atoms with van der Waals surface area (Å²) in [5.74, 6) is 0.727. The van der Waals surface area contributed by atoms with Crippen LogP contribution in [-0.4, -0.2) is 52.0 Å². The number of H-pyrrole nitrogens is 1. The van der Waals surface area contributed by atoms with Gasteiger partial charge in [-0.1, -0.05) is 0 Å². The van der Waals surface area contributed by atoms with Gasteiger partial charge in [0.2, 0.25) is 0 Å². The first-order chi connectivity index (χ1) is 11.0. The molecule has 2 aromatic heterocycles. The topological polar surface area (TPSA) is 76.0 Å². The van der Waals surface area contributed by atoms with E-state index in [1.54, 1.807) is 11.3 Å². The maximum absolute atomic E-state index is 12.3. The fourth-order valence-electron chi connectivity index (χ4n) is 2.98. The average molecular weight is 331 g/mol. The lowest BCUT2D eigenvalue weighted by Gasteiger charge is -2.35. The number of aryl methyl sites for hydroxylation is 2. The Bertz CT molecular complexity index is 810. The van der Waals surface area contributed by atoms with Gasteiger partial charge in [-0.15, -0.1) is 11.3 Å². The van der Waals surface area contributed by atoms with E-state index in [-0.39, 0.29) is 11.6 Å². The van der Waals surface area contributed by atoms with Crippen molar-refractivity contribution in [1.82, 2.24) is 19.8 Å². The highest BCUT2D eigenvalue weighted by Crippen LogP contribution is 2.25. The molecule has 1 aliphatic rings. The van der Waals surface area contributed by atoms with Crippen LogP contribution in [0.25, 0.3) is 10.2 Å². The Labute approximate surface area is 139 Å². The molecule has 23 heavy (non-hydrogen) atoms. The Morgan fingerprint density at radius 2 is 2.04 bits per heavy atom. The standard InChI is InChI=1S/C16H21N5OS/c1-10(8-17)21-6-4-20(5-7-21)9-13-18-15(22)14-11(2)12(3)23-16(14)19-13/h10H,4-7,9H2,1-3H3,(H,18,19,22)/t10-/m1/s1. The van der Waals surface area contributed by atoms with Crippen LogP contribution in [0.3, 0.4) is 0 Å². The second-order valence-electron chi connectivity index (χ2n) is 6.09. The van der Waals surface area contributed by atoms with Crippen LogP contribution in [0, 0.1) is 25.2 Å². The van der Waals surface area contributed by atoms with Crippen LogP contribution in [0.4, 0.5) is 0 Å². The molecule has 1 fully saturated rings. The van der Waals surface area contributed by atoms with Gasteiger partial charge in [0, 0.05) is 31.1 Å². The van der Waals surface area contributed by atoms with Crippen molar-refractivity contribution in [2.45, 2.75) is 33.4 Å². The zero-order valence-corrected chi connectivity index (χ0v) is 14.5. The number of hydrogen-bond acceptors (Lipinski definition) is 6. The third kappa shape index (κ3) is 3.15. The summed E-state index contributed by atoms with van der Waals surface area (Å²) in [6.07, 6.45) is 0. The van der Waals surface area contributed by atoms with Crippen LogP contribution < -0.4 is 5.56 Å². The monoisotopic (exact) mass is 331 g/mol. The number of aromatic amines is 1. The summed E-state index contributed by atoms with van der Waals surface area (Å²) in [5, 5.41) is 9.72. The largest absolute Gasteiger partial charge is 0.309 e. The van der Waals surface area contributed by atoms with Gasteiger partial charge in [-0.25, -0.2) is 4.98 Å². The number of piperazine rings is 1. The van der Waals surface area contributed by atoms with E-state index in [2.05, 4.69) is 25.8 Å². The molecule has 7 heteroatoms. The van der Waals surface area contributed by atoms with Gasteiger partial charge < -0.3 is 4.98 Å². The number of aromatic nitrogens is 2. The van der Waals surface area contributed by atoms with E-state index in [1.165, 1.54) is 0 Å². The quantitative estimate of drug-likeness (QED) is 0.925. The summed E-state index contributed by atoms with van der Waals surface area (Å²) in [7, 11) is 0. The average Bonchev–Trinajstić information content (AvgIpc) is 2.82. The molecule has 122 valence electrons. The third-order valence-corrected chi connectivity index (χ3v) is 5.70. The maximum atomic E-state index is 12.3. The molecule has 6 nitrogen and oxygen atoms in total. The molecular formula is C16H21N5OS. The van der Waals surface area contributed by atoms with Crippen LogP contribution in [0.5, 0.6) is 0 Å². The number of hydrogen-bond donors (Lipinski definition) is 1. The highest BCUT2D eigenvalue weighted by atomic mass is 32.1. The van der Waals surface area contributed by atoms with Crippen LogP contribution in [-0.2, 0) is 6.54 Å². The van der Waals surface area contributed by atoms with Gasteiger partial charge in [0.25, 0.3) is 5.56 Å². The number of nitrogens with one attached hydrogen (secondary N) is 1. The first-order valence-electron chi connectivity index (χ1n) is 7.84. The molecule has 0 radical (unpaired) electrons. The summed E-state index contributed by atoms with van der Waals surface area (Å²) >= 11 is 1.58. The normalized spacial score (nSPS) is 18.2. The molecule has 0 aliphatic carbocycles. The van der Waals surface area contributed by atoms with E-state index in [9.17, 15) is 4.79 Å². The predicted octanol–water partition coefficient (Wildman–Crippen LogP) is 1.63. The van der Waals surface area contributed by atoms with Gasteiger partial charge in [0.15, 0.2) is 0 Å². The Hall–Kier alpha value is -1.75. The van der Waals surface area contributed by atoms with Crippen molar-refractivity contribution in [2.75, 3.05) is 26.2 Å². The Morgan fingerprint density at radius 3 is 2.70 bits per heavy atom. The van der Waals surface area contributed by atoms with Crippen molar-refractivity contribution in [1.29, 1.82) is 5.26 Å². The molecule has 1 aliphatic heterocycles. The van der Waals surface area contributed by atoms with Gasteiger partial charge in [0.1, 0.15) is 10.7 Å². The van der Waals surface area contributed by atoms with Crippen molar-refractivity contribution >= 4 is 21.6 Å². The van der Waals surface area contributed by atoms with Gasteiger partial charge in [0.05, 0.1) is 24.0 Å². The second kappa shape index (κ2) is 6.40. The number of nitriles is 1. The molecule has 1 N–H and O–H groups in total. The first kappa shape index (κ1) is 16.1. The van der Waals surface area contributed by atoms with Crippen LogP contribution >= 0.6 is 11.3 Å². The molecule has 0 aromatic carbocycles. The molecule has 2 aromatic rings. The lowest BCUT2D eigenvalue weighted by molar-refractivity contribution is 0.112. The molecule has 1 atom stereocenters. The maximum Gasteiger partial charge on any atom is 0.259 e. The van der Waals surface area contributed by atoms with Gasteiger partial charge in [-0.2, -0.15) is 5.26 Å². The summed E-state index contributed by atoms with van der Waals surface area (Å²) in [6.45, 7) is 10.1. The van der Waals surface area contributed by atoms with E-state index >= 15 is 0 Å². The molecule has 0 amide bonds. The van der Waals surface area contributed by atoms with Crippen molar-refractivity contribution in [3.8, 4) is 6.07 Å². The van der Waals surface area contributed by atoms with E-state index in [4.69, 9.17) is 5.26 Å². The molecule has 0 saturated carbocycles. The third-order valence-electron chi connectivity index (χ3n) is 4.60. The highest BCUT2D eigenvalue weighted by Gasteiger charge is 2.21. The highest BCUT2D eigenvalue weighted by molar-refractivity contribution is 7.18. The van der Waals surface area contributed by atoms with Crippen LogP contribution in [0.1, 0.15) is 23.2 Å². The number of rotatable bonds is 3. The zero-order valence-electron chi connectivity index (χ0n) is 13.7. The predicted molar refractivity (Wildman–Crippen MR) is 91.6 cm³/mol. The summed E-state index contributed by atoms with van der Waals surface area (Å²) in [6, 6.07) is 2.24. The van der Waals surface area contributed by atoms with E-state index in [0.29, 0.717) is 6.54 Å². The Balaban J connectivity index is 1.74. The van der Waals surface area contributed by atoms with Crippen molar-refractivity contribution in [3.63, 3.8) is 0 Å². The molecule has 1 saturated heterocycles. The number of thiophene rings is 1. The molecule has 3 rings (SSSR count). The minimum atomic E-state index is -0.0384. The SMILES string of the molecule is Cc1sc2nc(CN3CCN([C@H](C)C#N)CC3)[nH]c(=O)c2c1C. The van der Waals surface area contributed by atoms with Gasteiger partial charge in [-0.3, -0.25) is 14.6 Å². The Morgan fingerprint density at radius 1 is 1.35 bits per heavy atom. The minimum absolute atomic E-state index is 0.0383. The zero-order chi connectivity index (χ0) is 16.6. The smallest absolute Gasteiger partial charge is 0.259 e. The van der Waals surface area contributed by atoms with Crippen molar-refractivity contribution in [3.05, 3.63) is 26.6 Å². The van der Waals surface area contributed by atoms with E-state index in [0.717, 1.165) is 52.7 Å². The van der Waals surface area contributed by atoms with E-state index < -0.39 is 0 Å². The minimum Gasteiger partial charge on any atom is -0.309 e. The lowest BCUT2D eigenvalue weighted by atomic mass is 10.2. The summed E-state index contributed by atoms with van der Waals surface area (Å²) in [5.41, 5.74) is 0.994.